The van der Waals surface area contributed by atoms with Crippen LogP contribution in [0.4, 0.5) is 4.79 Å². The fraction of sp³-hybridized carbons (Fsp3) is 0.259. The molecule has 5 aromatic heterocycles. The second kappa shape index (κ2) is 12.2. The highest BCUT2D eigenvalue weighted by molar-refractivity contribution is 6.30. The molecule has 0 aliphatic rings. The number of carbonyl (C=O) groups excluding carboxylic acids is 1. The van der Waals surface area contributed by atoms with Gasteiger partial charge < -0.3 is 23.6 Å². The number of hydrogen-bond acceptors (Lipinski definition) is 12. The lowest BCUT2D eigenvalue weighted by molar-refractivity contribution is 0.194. The van der Waals surface area contributed by atoms with E-state index >= 15 is 0 Å². The second-order valence-corrected chi connectivity index (χ2v) is 10.6. The zero-order valence-corrected chi connectivity index (χ0v) is 25.1. The molecule has 0 bridgehead atoms. The summed E-state index contributed by atoms with van der Waals surface area (Å²) in [7, 11) is 3.22. The quantitative estimate of drug-likeness (QED) is 0.163. The monoisotopic (exact) mass is 648 g/mol. The third-order valence-corrected chi connectivity index (χ3v) is 7.30. The number of rotatable bonds is 9. The van der Waals surface area contributed by atoms with Crippen LogP contribution in [0.1, 0.15) is 17.3 Å². The van der Waals surface area contributed by atoms with E-state index in [1.54, 1.807) is 26.2 Å². The topological polar surface area (TPSA) is 216 Å². The Hall–Kier alpha value is -5.91. The first-order valence-electron chi connectivity index (χ1n) is 13.7. The van der Waals surface area contributed by atoms with E-state index in [0.717, 1.165) is 10.1 Å². The first-order valence-corrected chi connectivity index (χ1v) is 14.1. The van der Waals surface area contributed by atoms with Gasteiger partial charge in [0.2, 0.25) is 11.8 Å². The molecule has 0 fully saturated rings. The number of halogens is 1. The molecule has 0 unspecified atom stereocenters. The first kappa shape index (κ1) is 30.1. The van der Waals surface area contributed by atoms with Gasteiger partial charge in [-0.3, -0.25) is 24.1 Å². The normalized spacial score (nSPS) is 11.4. The van der Waals surface area contributed by atoms with Crippen LogP contribution in [-0.2, 0) is 51.4 Å². The molecule has 0 saturated carbocycles. The number of aryl methyl sites for hydroxylation is 4. The van der Waals surface area contributed by atoms with Crippen molar-refractivity contribution < 1.29 is 13.9 Å². The average molecular weight is 649 g/mol. The maximum Gasteiger partial charge on any atom is 0.437 e. The lowest BCUT2D eigenvalue weighted by Crippen LogP contribution is -2.31. The summed E-state index contributed by atoms with van der Waals surface area (Å²) >= 11 is 5.92. The summed E-state index contributed by atoms with van der Waals surface area (Å²) in [6, 6.07) is 7.23. The summed E-state index contributed by atoms with van der Waals surface area (Å²) in [5.74, 6) is -0.854. The molecule has 0 radical (unpaired) electrons. The molecule has 0 aliphatic carbocycles. The summed E-state index contributed by atoms with van der Waals surface area (Å²) in [6.07, 6.45) is 3.49. The Balaban J connectivity index is 1.08. The SMILES string of the molecule is Cn1cnc2ncn(CC(=N)OC(=O)NCc3nc4ncn(Cc5nn(CCc6ccc(Cl)cc6)c(=O)o5)c(=O)c4n3C)c(=O)c21. The van der Waals surface area contributed by atoms with Crippen molar-refractivity contribution in [2.45, 2.75) is 32.6 Å². The third-order valence-electron chi connectivity index (χ3n) is 7.05. The summed E-state index contributed by atoms with van der Waals surface area (Å²) in [4.78, 5) is 67.3. The largest absolute Gasteiger partial charge is 0.437 e. The van der Waals surface area contributed by atoms with E-state index in [4.69, 9.17) is 26.2 Å². The van der Waals surface area contributed by atoms with Gasteiger partial charge in [-0.05, 0) is 24.1 Å². The predicted octanol–water partition coefficient (Wildman–Crippen LogP) is 0.571. The van der Waals surface area contributed by atoms with Gasteiger partial charge in [0.05, 0.1) is 19.4 Å². The van der Waals surface area contributed by atoms with Crippen molar-refractivity contribution in [1.29, 1.82) is 5.41 Å². The number of carbonyl (C=O) groups is 1. The van der Waals surface area contributed by atoms with Gasteiger partial charge in [-0.15, -0.1) is 5.10 Å². The molecule has 1 aromatic carbocycles. The smallest absolute Gasteiger partial charge is 0.394 e. The van der Waals surface area contributed by atoms with Crippen LogP contribution in [0.25, 0.3) is 22.3 Å². The fourth-order valence-corrected chi connectivity index (χ4v) is 4.82. The standard InChI is InChI=1S/C27H25ClN12O6/c1-36-12-31-22-20(36)24(41)38(13-32-22)10-17(29)45-26(43)30-9-18-34-23-21(37(18)2)25(42)39(14-33-23)11-19-35-40(27(44)46-19)8-7-15-3-5-16(28)6-4-15/h3-6,12-14,29H,7-11H2,1-2H3,(H,30,43). The van der Waals surface area contributed by atoms with Gasteiger partial charge in [-0.2, -0.15) is 4.68 Å². The number of aromatic nitrogens is 10. The molecule has 5 heterocycles. The van der Waals surface area contributed by atoms with Crippen molar-refractivity contribution in [3.8, 4) is 0 Å². The number of nitrogens with one attached hydrogen (secondary N) is 2. The molecule has 0 aliphatic heterocycles. The molecule has 1 amide bonds. The Morgan fingerprint density at radius 3 is 2.46 bits per heavy atom. The van der Waals surface area contributed by atoms with Crippen LogP contribution in [0.2, 0.25) is 5.02 Å². The van der Waals surface area contributed by atoms with E-state index < -0.39 is 28.9 Å². The maximum atomic E-state index is 13.3. The van der Waals surface area contributed by atoms with E-state index in [9.17, 15) is 19.2 Å². The van der Waals surface area contributed by atoms with E-state index in [1.807, 2.05) is 12.1 Å². The molecule has 6 rings (SSSR count). The van der Waals surface area contributed by atoms with Gasteiger partial charge >= 0.3 is 11.8 Å². The summed E-state index contributed by atoms with van der Waals surface area (Å²) in [5, 5.41) is 15.3. The molecule has 0 saturated heterocycles. The van der Waals surface area contributed by atoms with Crippen molar-refractivity contribution in [2.75, 3.05) is 0 Å². The average Bonchev–Trinajstić information content (AvgIpc) is 3.68. The van der Waals surface area contributed by atoms with Crippen molar-refractivity contribution >= 4 is 45.9 Å². The predicted molar refractivity (Wildman–Crippen MR) is 162 cm³/mol. The molecular weight excluding hydrogens is 624 g/mol. The summed E-state index contributed by atoms with van der Waals surface area (Å²) < 4.78 is 16.7. The summed E-state index contributed by atoms with van der Waals surface area (Å²) in [5.41, 5.74) is 0.837. The van der Waals surface area contributed by atoms with Crippen LogP contribution < -0.4 is 22.2 Å². The minimum absolute atomic E-state index is 0.0249. The summed E-state index contributed by atoms with van der Waals surface area (Å²) in [6.45, 7) is -0.373. The molecular formula is C27H25ClN12O6. The number of ether oxygens (including phenoxy) is 1. The number of hydrogen-bond donors (Lipinski definition) is 2. The molecule has 0 atom stereocenters. The molecule has 46 heavy (non-hydrogen) atoms. The lowest BCUT2D eigenvalue weighted by atomic mass is 10.1. The van der Waals surface area contributed by atoms with E-state index in [1.165, 1.54) is 37.4 Å². The molecule has 6 aromatic rings. The number of nitrogens with zero attached hydrogens (tertiary/aromatic N) is 10. The van der Waals surface area contributed by atoms with E-state index in [2.05, 4.69) is 30.4 Å². The third kappa shape index (κ3) is 6.05. The van der Waals surface area contributed by atoms with Crippen molar-refractivity contribution in [3.05, 3.63) is 96.8 Å². The molecule has 2 N–H and O–H groups in total. The highest BCUT2D eigenvalue weighted by Gasteiger charge is 2.18. The van der Waals surface area contributed by atoms with Gasteiger partial charge in [0, 0.05) is 19.1 Å². The first-order chi connectivity index (χ1) is 22.1. The van der Waals surface area contributed by atoms with Gasteiger partial charge in [0.1, 0.15) is 31.6 Å². The van der Waals surface area contributed by atoms with Crippen molar-refractivity contribution in [1.82, 2.24) is 53.3 Å². The molecule has 236 valence electrons. The van der Waals surface area contributed by atoms with Crippen LogP contribution in [0, 0.1) is 5.41 Å². The van der Waals surface area contributed by atoms with Gasteiger partial charge in [-0.1, -0.05) is 23.7 Å². The highest BCUT2D eigenvalue weighted by atomic mass is 35.5. The van der Waals surface area contributed by atoms with E-state index in [0.29, 0.717) is 11.4 Å². The minimum atomic E-state index is -0.966. The van der Waals surface area contributed by atoms with E-state index in [-0.39, 0.29) is 60.2 Å². The van der Waals surface area contributed by atoms with Gasteiger partial charge in [-0.25, -0.2) is 29.5 Å². The fourth-order valence-electron chi connectivity index (χ4n) is 4.70. The number of benzene rings is 1. The zero-order valence-electron chi connectivity index (χ0n) is 24.4. The van der Waals surface area contributed by atoms with Gasteiger partial charge in [0.15, 0.2) is 22.3 Å². The van der Waals surface area contributed by atoms with Crippen LogP contribution in [-0.4, -0.2) is 60.0 Å². The van der Waals surface area contributed by atoms with Crippen LogP contribution >= 0.6 is 11.6 Å². The molecule has 0 spiro atoms. The Bertz CT molecular complexity index is 2290. The number of imidazole rings is 2. The Kier molecular flexibility index (Phi) is 8.01. The number of fused-ring (bicyclic) bond motifs is 2. The Morgan fingerprint density at radius 2 is 1.67 bits per heavy atom. The van der Waals surface area contributed by atoms with Crippen LogP contribution in [0.5, 0.6) is 0 Å². The Labute approximate surface area is 262 Å². The van der Waals surface area contributed by atoms with Crippen LogP contribution in [0.15, 0.2) is 62.0 Å². The van der Waals surface area contributed by atoms with Crippen molar-refractivity contribution in [3.63, 3.8) is 0 Å². The van der Waals surface area contributed by atoms with Crippen LogP contribution in [0.3, 0.4) is 0 Å². The number of alkyl carbamates (subject to hydrolysis) is 1. The number of amides is 1. The lowest BCUT2D eigenvalue weighted by Gasteiger charge is -2.09. The highest BCUT2D eigenvalue weighted by Crippen LogP contribution is 2.11. The van der Waals surface area contributed by atoms with Gasteiger partial charge in [0.25, 0.3) is 11.1 Å². The second-order valence-electron chi connectivity index (χ2n) is 10.2. The molecule has 18 nitrogen and oxygen atoms in total. The molecule has 19 heteroatoms. The van der Waals surface area contributed by atoms with Crippen molar-refractivity contribution in [2.24, 2.45) is 14.1 Å². The Morgan fingerprint density at radius 1 is 0.978 bits per heavy atom. The minimum Gasteiger partial charge on any atom is -0.394 e. The maximum absolute atomic E-state index is 13.3. The zero-order chi connectivity index (χ0) is 32.5.